The largest absolute Gasteiger partial charge is 0.368 e. The van der Waals surface area contributed by atoms with E-state index in [-0.39, 0.29) is 11.6 Å². The Morgan fingerprint density at radius 3 is 2.39 bits per heavy atom. The average molecular weight is 426 g/mol. The number of hydrogen-bond donors (Lipinski definition) is 0. The van der Waals surface area contributed by atoms with Crippen LogP contribution in [0.2, 0.25) is 5.02 Å². The maximum absolute atomic E-state index is 14.1. The van der Waals surface area contributed by atoms with Crippen molar-refractivity contribution in [3.63, 3.8) is 0 Å². The highest BCUT2D eigenvalue weighted by atomic mass is 35.5. The zero-order chi connectivity index (χ0) is 20.3. The van der Waals surface area contributed by atoms with Crippen LogP contribution < -0.4 is 9.21 Å². The van der Waals surface area contributed by atoms with Crippen molar-refractivity contribution in [1.82, 2.24) is 4.90 Å². The van der Waals surface area contributed by atoms with E-state index in [0.717, 1.165) is 16.2 Å². The van der Waals surface area contributed by atoms with Crippen molar-refractivity contribution in [1.29, 1.82) is 0 Å². The molecule has 1 amide bonds. The molecule has 0 aromatic heterocycles. The predicted molar refractivity (Wildman–Crippen MR) is 109 cm³/mol. The summed E-state index contributed by atoms with van der Waals surface area (Å²) in [6.07, 6.45) is 0.962. The molecule has 2 aromatic rings. The number of para-hydroxylation sites is 1. The van der Waals surface area contributed by atoms with E-state index >= 15 is 0 Å². The lowest BCUT2D eigenvalue weighted by Crippen LogP contribution is -2.52. The summed E-state index contributed by atoms with van der Waals surface area (Å²) >= 11 is 6.03. The van der Waals surface area contributed by atoms with E-state index in [0.29, 0.717) is 31.2 Å². The van der Waals surface area contributed by atoms with Crippen LogP contribution in [0, 0.1) is 5.82 Å². The molecule has 1 fully saturated rings. The molecule has 0 N–H and O–H groups in total. The Kier molecular flexibility index (Phi) is 6.10. The molecule has 9 heteroatoms. The fourth-order valence-electron chi connectivity index (χ4n) is 3.14. The number of rotatable bonds is 5. The molecule has 0 spiro atoms. The van der Waals surface area contributed by atoms with Crippen molar-refractivity contribution in [3.05, 3.63) is 59.4 Å². The predicted octanol–water partition coefficient (Wildman–Crippen LogP) is 2.59. The SMILES string of the molecule is CS(=O)(=O)N(CC(=O)N1CCN(c2cccc(Cl)c2)CC1)c1ccccc1F. The summed E-state index contributed by atoms with van der Waals surface area (Å²) in [7, 11) is -3.81. The van der Waals surface area contributed by atoms with E-state index in [4.69, 9.17) is 11.6 Å². The Morgan fingerprint density at radius 1 is 1.11 bits per heavy atom. The zero-order valence-electron chi connectivity index (χ0n) is 15.4. The van der Waals surface area contributed by atoms with Crippen LogP contribution in [0.25, 0.3) is 0 Å². The average Bonchev–Trinajstić information content (AvgIpc) is 2.66. The van der Waals surface area contributed by atoms with Crippen molar-refractivity contribution < 1.29 is 17.6 Å². The minimum Gasteiger partial charge on any atom is -0.368 e. The third-order valence-electron chi connectivity index (χ3n) is 4.61. The number of halogens is 2. The number of sulfonamides is 1. The molecule has 28 heavy (non-hydrogen) atoms. The molecular weight excluding hydrogens is 405 g/mol. The van der Waals surface area contributed by atoms with Crippen molar-refractivity contribution in [2.75, 3.05) is 48.2 Å². The van der Waals surface area contributed by atoms with Gasteiger partial charge < -0.3 is 9.80 Å². The lowest BCUT2D eigenvalue weighted by atomic mass is 10.2. The Balaban J connectivity index is 1.68. The van der Waals surface area contributed by atoms with Crippen molar-refractivity contribution in [2.24, 2.45) is 0 Å². The topological polar surface area (TPSA) is 60.9 Å². The summed E-state index contributed by atoms with van der Waals surface area (Å²) in [5.41, 5.74) is 0.847. The van der Waals surface area contributed by atoms with Crippen molar-refractivity contribution in [2.45, 2.75) is 0 Å². The normalized spacial score (nSPS) is 14.8. The molecule has 0 saturated carbocycles. The third-order valence-corrected chi connectivity index (χ3v) is 5.97. The summed E-state index contributed by atoms with van der Waals surface area (Å²) in [5.74, 6) is -1.05. The van der Waals surface area contributed by atoms with Crippen molar-refractivity contribution in [3.8, 4) is 0 Å². The van der Waals surface area contributed by atoms with Gasteiger partial charge in [-0.25, -0.2) is 12.8 Å². The van der Waals surface area contributed by atoms with Gasteiger partial charge in [0.2, 0.25) is 15.9 Å². The minimum atomic E-state index is -3.81. The Bertz CT molecular complexity index is 962. The van der Waals surface area contributed by atoms with Crippen LogP contribution in [0.3, 0.4) is 0 Å². The summed E-state index contributed by atoms with van der Waals surface area (Å²) in [4.78, 5) is 16.4. The maximum atomic E-state index is 14.1. The van der Waals surface area contributed by atoms with E-state index < -0.39 is 22.4 Å². The van der Waals surface area contributed by atoms with E-state index in [1.54, 1.807) is 11.0 Å². The van der Waals surface area contributed by atoms with Crippen LogP contribution in [-0.2, 0) is 14.8 Å². The second kappa shape index (κ2) is 8.36. The molecule has 150 valence electrons. The van der Waals surface area contributed by atoms with Gasteiger partial charge in [0.25, 0.3) is 0 Å². The van der Waals surface area contributed by atoms with Gasteiger partial charge in [-0.05, 0) is 30.3 Å². The molecule has 3 rings (SSSR count). The van der Waals surface area contributed by atoms with Crippen LogP contribution in [0.5, 0.6) is 0 Å². The second-order valence-electron chi connectivity index (χ2n) is 6.57. The first-order chi connectivity index (χ1) is 13.3. The van der Waals surface area contributed by atoms with Gasteiger partial charge in [-0.2, -0.15) is 0 Å². The maximum Gasteiger partial charge on any atom is 0.243 e. The Hall–Kier alpha value is -2.32. The highest BCUT2D eigenvalue weighted by Crippen LogP contribution is 2.23. The number of benzene rings is 2. The smallest absolute Gasteiger partial charge is 0.243 e. The monoisotopic (exact) mass is 425 g/mol. The van der Waals surface area contributed by atoms with Crippen LogP contribution in [0.15, 0.2) is 48.5 Å². The fraction of sp³-hybridized carbons (Fsp3) is 0.316. The lowest BCUT2D eigenvalue weighted by Gasteiger charge is -2.37. The molecule has 1 aliphatic heterocycles. The number of carbonyl (C=O) groups excluding carboxylic acids is 1. The Labute approximate surface area is 169 Å². The van der Waals surface area contributed by atoms with E-state index in [1.165, 1.54) is 24.3 Å². The zero-order valence-corrected chi connectivity index (χ0v) is 17.0. The molecule has 0 radical (unpaired) electrons. The fourth-order valence-corrected chi connectivity index (χ4v) is 4.18. The van der Waals surface area contributed by atoms with Gasteiger partial charge >= 0.3 is 0 Å². The van der Waals surface area contributed by atoms with Gasteiger partial charge in [-0.15, -0.1) is 0 Å². The molecule has 6 nitrogen and oxygen atoms in total. The van der Waals surface area contributed by atoms with E-state index in [9.17, 15) is 17.6 Å². The van der Waals surface area contributed by atoms with Gasteiger partial charge in [-0.1, -0.05) is 29.8 Å². The quantitative estimate of drug-likeness (QED) is 0.738. The Morgan fingerprint density at radius 2 is 1.79 bits per heavy atom. The first-order valence-electron chi connectivity index (χ1n) is 8.76. The molecule has 0 aliphatic carbocycles. The molecule has 2 aromatic carbocycles. The molecule has 1 heterocycles. The van der Waals surface area contributed by atoms with Gasteiger partial charge in [0.05, 0.1) is 11.9 Å². The van der Waals surface area contributed by atoms with E-state index in [2.05, 4.69) is 4.90 Å². The number of anilines is 2. The first-order valence-corrected chi connectivity index (χ1v) is 11.0. The summed E-state index contributed by atoms with van der Waals surface area (Å²) in [5, 5.41) is 0.643. The van der Waals surface area contributed by atoms with Crippen LogP contribution in [0.1, 0.15) is 0 Å². The van der Waals surface area contributed by atoms with Gasteiger partial charge in [-0.3, -0.25) is 9.10 Å². The summed E-state index contributed by atoms with van der Waals surface area (Å²) in [6, 6.07) is 13.0. The summed E-state index contributed by atoms with van der Waals surface area (Å²) < 4.78 is 39.2. The standard InChI is InChI=1S/C19H21ClFN3O3S/c1-28(26,27)24(18-8-3-2-7-17(18)21)14-19(25)23-11-9-22(10-12-23)16-6-4-5-15(20)13-16/h2-8,13H,9-12,14H2,1H3. The second-order valence-corrected chi connectivity index (χ2v) is 8.91. The molecule has 0 atom stereocenters. The lowest BCUT2D eigenvalue weighted by molar-refractivity contribution is -0.129. The number of piperazine rings is 1. The number of carbonyl (C=O) groups is 1. The number of nitrogens with zero attached hydrogens (tertiary/aromatic N) is 3. The molecule has 1 saturated heterocycles. The first kappa shape index (κ1) is 20.4. The molecule has 0 bridgehead atoms. The highest BCUT2D eigenvalue weighted by molar-refractivity contribution is 7.92. The van der Waals surface area contributed by atoms with Crippen LogP contribution >= 0.6 is 11.6 Å². The minimum absolute atomic E-state index is 0.129. The number of amides is 1. The van der Waals surface area contributed by atoms with Gasteiger partial charge in [0, 0.05) is 36.9 Å². The van der Waals surface area contributed by atoms with Crippen LogP contribution in [0.4, 0.5) is 15.8 Å². The van der Waals surface area contributed by atoms with Crippen LogP contribution in [-0.4, -0.2) is 58.2 Å². The van der Waals surface area contributed by atoms with E-state index in [1.807, 2.05) is 18.2 Å². The van der Waals surface area contributed by atoms with Crippen molar-refractivity contribution >= 4 is 38.9 Å². The third kappa shape index (κ3) is 4.74. The summed E-state index contributed by atoms with van der Waals surface area (Å²) in [6.45, 7) is 1.66. The number of hydrogen-bond acceptors (Lipinski definition) is 4. The highest BCUT2D eigenvalue weighted by Gasteiger charge is 2.28. The van der Waals surface area contributed by atoms with Gasteiger partial charge in [0.15, 0.2) is 0 Å². The molecule has 1 aliphatic rings. The molecule has 0 unspecified atom stereocenters. The molecular formula is C19H21ClFN3O3S. The van der Waals surface area contributed by atoms with Gasteiger partial charge in [0.1, 0.15) is 12.4 Å².